The van der Waals surface area contributed by atoms with Gasteiger partial charge in [-0.05, 0) is 93.0 Å². The largest absolute Gasteiger partial charge is 0.444 e. The average Bonchev–Trinajstić information content (AvgIpc) is 1.80. The molecule has 10 N–H and O–H groups in total. The molecule has 0 aliphatic heterocycles. The first-order valence-corrected chi connectivity index (χ1v) is 38.2. The summed E-state index contributed by atoms with van der Waals surface area (Å²) in [5, 5.41) is 38.7. The second kappa shape index (κ2) is 46.6. The number of rotatable bonds is 37. The third-order valence-corrected chi connectivity index (χ3v) is 20.3. The van der Waals surface area contributed by atoms with Gasteiger partial charge in [-0.3, -0.25) is 29.9 Å². The number of nitrogens with zero attached hydrogens (tertiary/aromatic N) is 8. The number of alkyl carbamates (subject to hydrolysis) is 2. The van der Waals surface area contributed by atoms with E-state index in [1.165, 1.54) is 39.5 Å². The lowest BCUT2D eigenvalue weighted by molar-refractivity contribution is -0.124. The van der Waals surface area contributed by atoms with E-state index in [1.807, 2.05) is 138 Å². The first-order valence-electron chi connectivity index (χ1n) is 34.7. The van der Waals surface area contributed by atoms with E-state index >= 15 is 0 Å². The van der Waals surface area contributed by atoms with Crippen LogP contribution in [0.3, 0.4) is 0 Å². The molecule has 0 spiro atoms. The van der Waals surface area contributed by atoms with Crippen LogP contribution in [0.2, 0.25) is 0 Å². The standard InChI is InChI=1S/C39H50N10O4S2.C36H47N7O4S2.HI/c1-27(2)36-46-32(24-54-36)22-49(4)38(51)48-34(17-18-43-37(41-3)44-25-40)35(50)45-30(19-28-11-7-5-8-12-28)15-16-31(20-29-13-9-6-10-14-29)47-39(52)53-23-33-21-42-26-55-33;1-25(2)34-40-30(23-48-34)21-43(3)35(45)42-32(16-17-37)33(44)39-28(18-26-10-6-4-7-11-26)14-15-29(19-27-12-8-5-9-13-27)41-36(46)47-22-31-20-38-24-49-31;/h5-14,21,24,26-27,30-31,34H,15-20,22-23H2,1-4H3,(H,45,50)(H,47,52)(H,48,51)(H2,41,43,44);4-13,20,23-25,28-29,32H,14-19,21-22,37H2,1-3H3,(H,39,44)(H,41,46)(H,42,45);1H/t30-,31-,34+;28-,29-,32+;/m11./s1. The molecular weight excluding hydrogens is 1520 g/mol. The highest BCUT2D eigenvalue weighted by atomic mass is 127. The summed E-state index contributed by atoms with van der Waals surface area (Å²) in [6, 6.07) is 35.9. The lowest BCUT2D eigenvalue weighted by atomic mass is 9.95. The minimum absolute atomic E-state index is 0. The maximum Gasteiger partial charge on any atom is 0.407 e. The number of hydrogen-bond acceptors (Lipinski definition) is 19. The van der Waals surface area contributed by atoms with Gasteiger partial charge < -0.3 is 62.2 Å². The van der Waals surface area contributed by atoms with Gasteiger partial charge in [-0.15, -0.1) is 69.3 Å². The third kappa shape index (κ3) is 31.6. The molecule has 562 valence electrons. The van der Waals surface area contributed by atoms with Crippen molar-refractivity contribution in [2.75, 3.05) is 34.2 Å². The first kappa shape index (κ1) is 84.8. The highest BCUT2D eigenvalue weighted by molar-refractivity contribution is 14.0. The highest BCUT2D eigenvalue weighted by Gasteiger charge is 2.29. The minimum atomic E-state index is -0.928. The number of aliphatic imine (C=N–C) groups is 1. The molecule has 4 aromatic heterocycles. The van der Waals surface area contributed by atoms with E-state index in [4.69, 9.17) is 20.5 Å². The number of nitrogens with two attached hydrogens (primary N) is 1. The molecule has 4 aromatic carbocycles. The molecule has 0 saturated heterocycles. The van der Waals surface area contributed by atoms with Gasteiger partial charge in [0.15, 0.2) is 6.19 Å². The molecule has 105 heavy (non-hydrogen) atoms. The van der Waals surface area contributed by atoms with Crippen molar-refractivity contribution in [3.05, 3.63) is 209 Å². The lowest BCUT2D eigenvalue weighted by Crippen LogP contribution is -2.53. The number of thiazole rings is 4. The summed E-state index contributed by atoms with van der Waals surface area (Å²) in [5.74, 6) is 0.174. The van der Waals surface area contributed by atoms with Crippen LogP contribution in [0.1, 0.15) is 131 Å². The second-order valence-corrected chi connectivity index (χ2v) is 29.3. The molecule has 0 aliphatic rings. The molecule has 4 heterocycles. The monoisotopic (exact) mass is 1620 g/mol. The van der Waals surface area contributed by atoms with Crippen LogP contribution in [-0.2, 0) is 71.0 Å². The van der Waals surface area contributed by atoms with E-state index < -0.39 is 30.3 Å². The van der Waals surface area contributed by atoms with Crippen molar-refractivity contribution in [2.45, 2.75) is 166 Å². The van der Waals surface area contributed by atoms with Crippen molar-refractivity contribution < 1.29 is 38.2 Å². The van der Waals surface area contributed by atoms with Gasteiger partial charge in [0.05, 0.1) is 55.3 Å². The van der Waals surface area contributed by atoms with Gasteiger partial charge in [0.25, 0.3) is 0 Å². The van der Waals surface area contributed by atoms with Gasteiger partial charge in [0, 0.05) is 86.8 Å². The van der Waals surface area contributed by atoms with Crippen molar-refractivity contribution in [1.29, 1.82) is 5.26 Å². The molecule has 6 atom stereocenters. The van der Waals surface area contributed by atoms with Crippen molar-refractivity contribution in [1.82, 2.24) is 72.3 Å². The number of nitriles is 1. The summed E-state index contributed by atoms with van der Waals surface area (Å²) in [5.41, 5.74) is 15.1. The average molecular weight is 1620 g/mol. The number of benzene rings is 4. The number of nitrogens with one attached hydrogen (secondary N) is 8. The molecule has 0 aliphatic carbocycles. The summed E-state index contributed by atoms with van der Waals surface area (Å²) in [6.07, 6.45) is 9.08. The molecule has 8 rings (SSSR count). The number of ether oxygens (including phenoxy) is 2. The van der Waals surface area contributed by atoms with E-state index in [0.717, 1.165) is 53.4 Å². The predicted octanol–water partition coefficient (Wildman–Crippen LogP) is 11.6. The van der Waals surface area contributed by atoms with Crippen LogP contribution in [0.25, 0.3) is 0 Å². The number of guanidine groups is 1. The fourth-order valence-electron chi connectivity index (χ4n) is 11.0. The Morgan fingerprint density at radius 1 is 0.524 bits per heavy atom. The van der Waals surface area contributed by atoms with Crippen LogP contribution < -0.4 is 48.3 Å². The SMILES string of the molecule is CC(C)c1nc(CN(C)C(=O)N[C@@H](CCN)C(=O)N[C@H](CC[C@H](Cc2ccccc2)NC(=O)OCc2cncs2)Cc2ccccc2)cs1.CN=C(NC#N)NCC[C@H](NC(=O)N(C)Cc1csc(C(C)C)n1)C(=O)N[C@H](CC[C@H](Cc1ccccc1)NC(=O)OCc1cncs1)Cc1ccccc1.I. The van der Waals surface area contributed by atoms with Gasteiger partial charge in [-0.2, -0.15) is 5.26 Å². The van der Waals surface area contributed by atoms with Crippen molar-refractivity contribution >= 4 is 111 Å². The number of carbonyl (C=O) groups excluding carboxylic acids is 6. The summed E-state index contributed by atoms with van der Waals surface area (Å²) < 4.78 is 11.0. The van der Waals surface area contributed by atoms with E-state index in [-0.39, 0.29) is 124 Å². The van der Waals surface area contributed by atoms with Crippen LogP contribution in [0.15, 0.2) is 160 Å². The Kier molecular flexibility index (Phi) is 37.7. The topological polar surface area (TPSA) is 337 Å². The first-order chi connectivity index (χ1) is 50.3. The van der Waals surface area contributed by atoms with Gasteiger partial charge in [-0.1, -0.05) is 149 Å². The predicted molar refractivity (Wildman–Crippen MR) is 425 cm³/mol. The van der Waals surface area contributed by atoms with Crippen LogP contribution in [0.5, 0.6) is 0 Å². The van der Waals surface area contributed by atoms with Crippen molar-refractivity contribution in [2.24, 2.45) is 10.7 Å². The van der Waals surface area contributed by atoms with Crippen molar-refractivity contribution in [3.63, 3.8) is 0 Å². The van der Waals surface area contributed by atoms with E-state index in [2.05, 4.69) is 95.2 Å². The number of carbonyl (C=O) groups is 6. The number of aromatic nitrogens is 4. The summed E-state index contributed by atoms with van der Waals surface area (Å²) in [4.78, 5) is 106. The maximum absolute atomic E-state index is 14.1. The number of urea groups is 2. The Bertz CT molecular complexity index is 3910. The fraction of sp³-hybridized carbons (Fsp3) is 0.413. The molecular formula is C75H98IN17O8S4. The van der Waals surface area contributed by atoms with Gasteiger partial charge in [-0.25, -0.2) is 29.1 Å². The molecule has 0 radical (unpaired) electrons. The highest BCUT2D eigenvalue weighted by Crippen LogP contribution is 2.23. The number of halogens is 1. The van der Waals surface area contributed by atoms with Gasteiger partial charge in [0.2, 0.25) is 17.8 Å². The normalized spacial score (nSPS) is 12.8. The number of amides is 8. The lowest BCUT2D eigenvalue weighted by Gasteiger charge is -2.27. The Morgan fingerprint density at radius 2 is 0.886 bits per heavy atom. The summed E-state index contributed by atoms with van der Waals surface area (Å²) in [7, 11) is 4.88. The molecule has 8 aromatic rings. The maximum atomic E-state index is 14.1. The molecule has 30 heteroatoms. The molecule has 0 saturated carbocycles. The molecule has 0 fully saturated rings. The van der Waals surface area contributed by atoms with Crippen molar-refractivity contribution in [3.8, 4) is 6.19 Å². The Hall–Kier alpha value is -9.13. The quantitative estimate of drug-likeness (QED) is 0.00574. The zero-order valence-corrected chi connectivity index (χ0v) is 66.0. The molecule has 8 amide bonds. The fourth-order valence-corrected chi connectivity index (χ4v) is 13.6. The zero-order chi connectivity index (χ0) is 74.4. The van der Waals surface area contributed by atoms with Crippen LogP contribution in [-0.4, -0.2) is 142 Å². The van der Waals surface area contributed by atoms with E-state index in [0.29, 0.717) is 63.8 Å². The van der Waals surface area contributed by atoms with Crippen LogP contribution in [0, 0.1) is 11.5 Å². The van der Waals surface area contributed by atoms with Gasteiger partial charge in [0.1, 0.15) is 25.3 Å². The third-order valence-electron chi connectivity index (χ3n) is 16.4. The molecule has 25 nitrogen and oxygen atoms in total. The molecule has 0 bridgehead atoms. The zero-order valence-electron chi connectivity index (χ0n) is 60.4. The molecule has 0 unspecified atom stereocenters. The van der Waals surface area contributed by atoms with E-state index in [1.54, 1.807) is 60.2 Å². The minimum Gasteiger partial charge on any atom is -0.444 e. The smallest absolute Gasteiger partial charge is 0.407 e. The van der Waals surface area contributed by atoms with E-state index in [9.17, 15) is 28.8 Å². The Labute approximate surface area is 648 Å². The second-order valence-electron chi connectivity index (χ2n) is 25.6. The Morgan fingerprint density at radius 3 is 1.20 bits per heavy atom. The number of hydrogen-bond donors (Lipinski definition) is 9. The summed E-state index contributed by atoms with van der Waals surface area (Å²) in [6.45, 7) is 9.64. The van der Waals surface area contributed by atoms with Crippen LogP contribution >= 0.6 is 69.3 Å². The summed E-state index contributed by atoms with van der Waals surface area (Å²) >= 11 is 5.97. The van der Waals surface area contributed by atoms with Gasteiger partial charge >= 0.3 is 24.2 Å². The van der Waals surface area contributed by atoms with Crippen LogP contribution in [0.4, 0.5) is 19.2 Å². The Balaban J connectivity index is 0.000000328.